The fraction of sp³-hybridized carbons (Fsp3) is 0.250. The van der Waals surface area contributed by atoms with E-state index < -0.39 is 11.6 Å². The maximum absolute atomic E-state index is 13.4. The molecule has 0 aliphatic carbocycles. The second kappa shape index (κ2) is 8.63. The Labute approximate surface area is 153 Å². The first-order valence-corrected chi connectivity index (χ1v) is 9.15. The topological polar surface area (TPSA) is 0 Å². The van der Waals surface area contributed by atoms with Gasteiger partial charge in [0, 0.05) is 11.1 Å². The van der Waals surface area contributed by atoms with Gasteiger partial charge in [-0.1, -0.05) is 56.2 Å². The van der Waals surface area contributed by atoms with Crippen LogP contribution in [0.5, 0.6) is 0 Å². The van der Waals surface area contributed by atoms with E-state index in [0.717, 1.165) is 17.5 Å². The molecule has 0 aliphatic heterocycles. The number of hydrogen-bond donors (Lipinski definition) is 0. The minimum atomic E-state index is -0.836. The van der Waals surface area contributed by atoms with Crippen LogP contribution in [-0.4, -0.2) is 0 Å². The van der Waals surface area contributed by atoms with Crippen LogP contribution in [0.25, 0.3) is 10.8 Å². The maximum Gasteiger partial charge on any atom is 0.159 e. The van der Waals surface area contributed by atoms with Gasteiger partial charge in [0.05, 0.1) is 0 Å². The van der Waals surface area contributed by atoms with Gasteiger partial charge >= 0.3 is 0 Å². The number of benzene rings is 3. The van der Waals surface area contributed by atoms with Crippen LogP contribution in [-0.2, 0) is 6.42 Å². The quantitative estimate of drug-likeness (QED) is 0.358. The highest BCUT2D eigenvalue weighted by atomic mass is 19.2. The van der Waals surface area contributed by atoms with E-state index in [0.29, 0.717) is 10.8 Å². The predicted octanol–water partition coefficient (Wildman–Crippen LogP) is 6.64. The van der Waals surface area contributed by atoms with Crippen LogP contribution < -0.4 is 0 Å². The minimum Gasteiger partial charge on any atom is -0.204 e. The van der Waals surface area contributed by atoms with Crippen molar-refractivity contribution in [1.82, 2.24) is 0 Å². The first kappa shape index (κ1) is 18.1. The van der Waals surface area contributed by atoms with E-state index in [2.05, 4.69) is 30.9 Å². The normalized spacial score (nSPS) is 10.6. The van der Waals surface area contributed by atoms with Crippen molar-refractivity contribution >= 4 is 10.8 Å². The highest BCUT2D eigenvalue weighted by Crippen LogP contribution is 2.19. The average molecular weight is 348 g/mol. The molecular weight excluding hydrogens is 326 g/mol. The van der Waals surface area contributed by atoms with Crippen LogP contribution in [0.3, 0.4) is 0 Å². The third-order valence-corrected chi connectivity index (χ3v) is 4.50. The minimum absolute atomic E-state index is 0.651. The molecule has 0 spiro atoms. The molecule has 0 saturated heterocycles. The van der Waals surface area contributed by atoms with Crippen LogP contribution in [0, 0.1) is 23.5 Å². The second-order valence-electron chi connectivity index (χ2n) is 6.59. The van der Waals surface area contributed by atoms with Gasteiger partial charge in [0.2, 0.25) is 0 Å². The molecular formula is C24H22F2. The molecule has 0 amide bonds. The first-order chi connectivity index (χ1) is 12.7. The molecule has 0 bridgehead atoms. The number of unbranched alkanes of at least 4 members (excludes halogenated alkanes) is 3. The third-order valence-electron chi connectivity index (χ3n) is 4.50. The molecule has 2 heteroatoms. The largest absolute Gasteiger partial charge is 0.204 e. The Morgan fingerprint density at radius 2 is 1.35 bits per heavy atom. The zero-order chi connectivity index (χ0) is 18.4. The maximum atomic E-state index is 13.4. The summed E-state index contributed by atoms with van der Waals surface area (Å²) in [5.41, 5.74) is 3.08. The van der Waals surface area contributed by atoms with Crippen molar-refractivity contribution in [3.8, 4) is 11.8 Å². The van der Waals surface area contributed by atoms with Gasteiger partial charge in [-0.05, 0) is 65.6 Å². The van der Waals surface area contributed by atoms with Crippen LogP contribution in [0.4, 0.5) is 8.78 Å². The highest BCUT2D eigenvalue weighted by molar-refractivity contribution is 5.84. The molecule has 3 aromatic carbocycles. The molecule has 0 aromatic heterocycles. The molecule has 132 valence electrons. The summed E-state index contributed by atoms with van der Waals surface area (Å²) in [6, 6.07) is 16.1. The summed E-state index contributed by atoms with van der Waals surface area (Å²) in [7, 11) is 0. The van der Waals surface area contributed by atoms with Gasteiger partial charge in [-0.2, -0.15) is 0 Å². The van der Waals surface area contributed by atoms with E-state index in [1.807, 2.05) is 18.2 Å². The van der Waals surface area contributed by atoms with Crippen molar-refractivity contribution in [1.29, 1.82) is 0 Å². The summed E-state index contributed by atoms with van der Waals surface area (Å²) in [5.74, 6) is 4.57. The lowest BCUT2D eigenvalue weighted by Crippen LogP contribution is -1.86. The molecule has 0 unspecified atom stereocenters. The van der Waals surface area contributed by atoms with Gasteiger partial charge in [-0.25, -0.2) is 8.78 Å². The third kappa shape index (κ3) is 4.70. The van der Waals surface area contributed by atoms with E-state index in [1.54, 1.807) is 12.1 Å². The van der Waals surface area contributed by atoms with Gasteiger partial charge in [-0.15, -0.1) is 0 Å². The van der Waals surface area contributed by atoms with Crippen molar-refractivity contribution in [3.05, 3.63) is 82.9 Å². The monoisotopic (exact) mass is 348 g/mol. The molecule has 26 heavy (non-hydrogen) atoms. The van der Waals surface area contributed by atoms with E-state index >= 15 is 0 Å². The Balaban J connectivity index is 1.70. The first-order valence-electron chi connectivity index (χ1n) is 9.15. The smallest absolute Gasteiger partial charge is 0.159 e. The van der Waals surface area contributed by atoms with E-state index in [4.69, 9.17) is 0 Å². The average Bonchev–Trinajstić information content (AvgIpc) is 2.65. The van der Waals surface area contributed by atoms with Crippen molar-refractivity contribution in [2.24, 2.45) is 0 Å². The van der Waals surface area contributed by atoms with Crippen molar-refractivity contribution < 1.29 is 8.78 Å². The lowest BCUT2D eigenvalue weighted by molar-refractivity contribution is 0.511. The SMILES string of the molecule is CCCCCCc1ccc(C#Cc2ccc3cc(F)c(F)cc3c2)cc1. The summed E-state index contributed by atoms with van der Waals surface area (Å²) < 4.78 is 26.7. The summed E-state index contributed by atoms with van der Waals surface area (Å²) in [5, 5.41) is 1.32. The molecule has 0 nitrogen and oxygen atoms in total. The van der Waals surface area contributed by atoms with Crippen LogP contribution in [0.2, 0.25) is 0 Å². The Kier molecular flexibility index (Phi) is 6.02. The van der Waals surface area contributed by atoms with Crippen LogP contribution in [0.15, 0.2) is 54.6 Å². The van der Waals surface area contributed by atoms with Crippen molar-refractivity contribution in [3.63, 3.8) is 0 Å². The van der Waals surface area contributed by atoms with Gasteiger partial charge in [0.25, 0.3) is 0 Å². The standard InChI is InChI=1S/C24H22F2/c1-2-3-4-5-6-18-7-9-19(10-8-18)11-12-20-13-14-21-16-23(25)24(26)17-22(21)15-20/h7-10,13-17H,2-6H2,1H3. The Morgan fingerprint density at radius 1 is 0.692 bits per heavy atom. The highest BCUT2D eigenvalue weighted by Gasteiger charge is 2.04. The Morgan fingerprint density at radius 3 is 2.08 bits per heavy atom. The fourth-order valence-corrected chi connectivity index (χ4v) is 2.97. The van der Waals surface area contributed by atoms with Gasteiger partial charge in [0.1, 0.15) is 0 Å². The summed E-state index contributed by atoms with van der Waals surface area (Å²) in [6.45, 7) is 2.22. The van der Waals surface area contributed by atoms with Crippen LogP contribution in [0.1, 0.15) is 49.3 Å². The van der Waals surface area contributed by atoms with E-state index in [1.165, 1.54) is 43.4 Å². The molecule has 0 radical (unpaired) electrons. The lowest BCUT2D eigenvalue weighted by Gasteiger charge is -2.01. The molecule has 0 heterocycles. The van der Waals surface area contributed by atoms with Crippen molar-refractivity contribution in [2.45, 2.75) is 39.0 Å². The molecule has 0 atom stereocenters. The molecule has 3 rings (SSSR count). The number of hydrogen-bond acceptors (Lipinski definition) is 0. The Bertz CT molecular complexity index is 944. The second-order valence-corrected chi connectivity index (χ2v) is 6.59. The van der Waals surface area contributed by atoms with Gasteiger partial charge < -0.3 is 0 Å². The van der Waals surface area contributed by atoms with E-state index in [9.17, 15) is 8.78 Å². The lowest BCUT2D eigenvalue weighted by atomic mass is 10.0. The zero-order valence-corrected chi connectivity index (χ0v) is 15.0. The number of aryl methyl sites for hydroxylation is 1. The van der Waals surface area contributed by atoms with Crippen LogP contribution >= 0.6 is 0 Å². The van der Waals surface area contributed by atoms with E-state index in [-0.39, 0.29) is 0 Å². The molecule has 0 fully saturated rings. The van der Waals surface area contributed by atoms with Crippen molar-refractivity contribution in [2.75, 3.05) is 0 Å². The summed E-state index contributed by atoms with van der Waals surface area (Å²) >= 11 is 0. The van der Waals surface area contributed by atoms with Gasteiger partial charge in [-0.3, -0.25) is 0 Å². The predicted molar refractivity (Wildman–Crippen MR) is 104 cm³/mol. The summed E-state index contributed by atoms with van der Waals surface area (Å²) in [6.07, 6.45) is 6.18. The number of fused-ring (bicyclic) bond motifs is 1. The molecule has 0 aliphatic rings. The number of rotatable bonds is 5. The fourth-order valence-electron chi connectivity index (χ4n) is 2.97. The van der Waals surface area contributed by atoms with Gasteiger partial charge in [0.15, 0.2) is 11.6 Å². The molecule has 3 aromatic rings. The summed E-state index contributed by atoms with van der Waals surface area (Å²) in [4.78, 5) is 0. The Hall–Kier alpha value is -2.66. The number of halogens is 2. The zero-order valence-electron chi connectivity index (χ0n) is 15.0. The molecule has 0 saturated carbocycles. The molecule has 0 N–H and O–H groups in total.